The van der Waals surface area contributed by atoms with E-state index in [-0.39, 0.29) is 6.10 Å². The molecule has 88 valence electrons. The molecule has 1 aliphatic heterocycles. The van der Waals surface area contributed by atoms with Crippen molar-refractivity contribution in [2.45, 2.75) is 51.6 Å². The van der Waals surface area contributed by atoms with Crippen LogP contribution in [0.25, 0.3) is 0 Å². The highest BCUT2D eigenvalue weighted by Gasteiger charge is 2.26. The van der Waals surface area contributed by atoms with E-state index in [0.717, 1.165) is 12.5 Å². The van der Waals surface area contributed by atoms with Gasteiger partial charge in [0.15, 0.2) is 0 Å². The number of aliphatic hydroxyl groups is 1. The molecule has 0 spiro atoms. The molecule has 2 nitrogen and oxygen atoms in total. The first-order chi connectivity index (χ1) is 7.25. The third-order valence-electron chi connectivity index (χ3n) is 4.15. The molecule has 1 N–H and O–H groups in total. The van der Waals surface area contributed by atoms with Crippen molar-refractivity contribution < 1.29 is 5.11 Å². The van der Waals surface area contributed by atoms with Crippen molar-refractivity contribution in [2.24, 2.45) is 11.8 Å². The lowest BCUT2D eigenvalue weighted by molar-refractivity contribution is 0.0536. The van der Waals surface area contributed by atoms with Crippen molar-refractivity contribution in [3.05, 3.63) is 0 Å². The maximum Gasteiger partial charge on any atom is 0.0695 e. The molecule has 15 heavy (non-hydrogen) atoms. The molecule has 2 aliphatic rings. The molecule has 0 amide bonds. The number of nitrogens with zero attached hydrogens (tertiary/aromatic N) is 1. The molecular formula is C13H25NO. The summed E-state index contributed by atoms with van der Waals surface area (Å²) in [5.74, 6) is 1.43. The van der Waals surface area contributed by atoms with E-state index in [9.17, 15) is 5.11 Å². The van der Waals surface area contributed by atoms with Crippen molar-refractivity contribution in [2.75, 3.05) is 19.6 Å². The topological polar surface area (TPSA) is 23.5 Å². The third-order valence-corrected chi connectivity index (χ3v) is 4.15. The lowest BCUT2D eigenvalue weighted by Gasteiger charge is -2.29. The molecule has 0 radical (unpaired) electrons. The first-order valence-corrected chi connectivity index (χ1v) is 6.66. The normalized spacial score (nSPS) is 32.0. The average molecular weight is 211 g/mol. The predicted octanol–water partition coefficient (Wildman–Crippen LogP) is 2.27. The Morgan fingerprint density at radius 3 is 2.53 bits per heavy atom. The third kappa shape index (κ3) is 3.18. The molecule has 0 aromatic carbocycles. The molecule has 2 fully saturated rings. The van der Waals surface area contributed by atoms with Gasteiger partial charge in [-0.3, -0.25) is 0 Å². The van der Waals surface area contributed by atoms with Crippen molar-refractivity contribution in [1.29, 1.82) is 0 Å². The highest BCUT2D eigenvalue weighted by atomic mass is 16.3. The molecule has 2 atom stereocenters. The van der Waals surface area contributed by atoms with E-state index in [0.29, 0.717) is 5.92 Å². The Labute approximate surface area is 93.7 Å². The Bertz CT molecular complexity index is 189. The second kappa shape index (κ2) is 5.31. The Hall–Kier alpha value is -0.0800. The number of aliphatic hydroxyl groups excluding tert-OH is 1. The van der Waals surface area contributed by atoms with E-state index in [1.54, 1.807) is 0 Å². The van der Waals surface area contributed by atoms with Gasteiger partial charge < -0.3 is 10.0 Å². The zero-order valence-corrected chi connectivity index (χ0v) is 9.99. The minimum Gasteiger partial charge on any atom is -0.392 e. The Balaban J connectivity index is 1.73. The predicted molar refractivity (Wildman–Crippen MR) is 62.8 cm³/mol. The smallest absolute Gasteiger partial charge is 0.0695 e. The van der Waals surface area contributed by atoms with Crippen LogP contribution in [0.3, 0.4) is 0 Å². The maximum atomic E-state index is 10.2. The standard InChI is InChI=1S/C13H25NO/c1-11-7-8-14(9-11)10-13(15)12-5-3-2-4-6-12/h11-13,15H,2-10H2,1H3. The minimum atomic E-state index is -0.0596. The van der Waals surface area contributed by atoms with Gasteiger partial charge in [-0.2, -0.15) is 0 Å². The Morgan fingerprint density at radius 1 is 1.20 bits per heavy atom. The zero-order chi connectivity index (χ0) is 10.7. The highest BCUT2D eigenvalue weighted by Crippen LogP contribution is 2.27. The average Bonchev–Trinajstić information content (AvgIpc) is 2.65. The summed E-state index contributed by atoms with van der Waals surface area (Å²) in [7, 11) is 0. The molecule has 2 rings (SSSR count). The molecule has 2 unspecified atom stereocenters. The fraction of sp³-hybridized carbons (Fsp3) is 1.00. The lowest BCUT2D eigenvalue weighted by atomic mass is 9.85. The summed E-state index contributed by atoms with van der Waals surface area (Å²) < 4.78 is 0. The van der Waals surface area contributed by atoms with Crippen molar-refractivity contribution in [3.8, 4) is 0 Å². The fourth-order valence-corrected chi connectivity index (χ4v) is 3.12. The van der Waals surface area contributed by atoms with Gasteiger partial charge in [-0.1, -0.05) is 26.2 Å². The molecule has 0 aromatic rings. The molecular weight excluding hydrogens is 186 g/mol. The highest BCUT2D eigenvalue weighted by molar-refractivity contribution is 4.79. The van der Waals surface area contributed by atoms with Gasteiger partial charge >= 0.3 is 0 Å². The van der Waals surface area contributed by atoms with Crippen LogP contribution in [-0.2, 0) is 0 Å². The van der Waals surface area contributed by atoms with Gasteiger partial charge in [0.1, 0.15) is 0 Å². The van der Waals surface area contributed by atoms with Crippen LogP contribution < -0.4 is 0 Å². The van der Waals surface area contributed by atoms with Gasteiger partial charge in [0.05, 0.1) is 6.10 Å². The van der Waals surface area contributed by atoms with Gasteiger partial charge in [0, 0.05) is 13.1 Å². The molecule has 0 aromatic heterocycles. The van der Waals surface area contributed by atoms with Gasteiger partial charge in [-0.05, 0) is 37.6 Å². The summed E-state index contributed by atoms with van der Waals surface area (Å²) in [5, 5.41) is 10.2. The van der Waals surface area contributed by atoms with Crippen LogP contribution in [0.15, 0.2) is 0 Å². The number of hydrogen-bond donors (Lipinski definition) is 1. The molecule has 0 bridgehead atoms. The van der Waals surface area contributed by atoms with Crippen LogP contribution in [0.5, 0.6) is 0 Å². The second-order valence-electron chi connectivity index (χ2n) is 5.62. The van der Waals surface area contributed by atoms with Crippen LogP contribution in [0.1, 0.15) is 45.4 Å². The Kier molecular flexibility index (Phi) is 4.04. The molecule has 1 saturated carbocycles. The van der Waals surface area contributed by atoms with Crippen LogP contribution in [-0.4, -0.2) is 35.7 Å². The van der Waals surface area contributed by atoms with E-state index >= 15 is 0 Å². The Morgan fingerprint density at radius 2 is 1.93 bits per heavy atom. The van der Waals surface area contributed by atoms with Gasteiger partial charge in [0.2, 0.25) is 0 Å². The van der Waals surface area contributed by atoms with E-state index in [1.165, 1.54) is 51.6 Å². The van der Waals surface area contributed by atoms with E-state index in [2.05, 4.69) is 11.8 Å². The lowest BCUT2D eigenvalue weighted by Crippen LogP contribution is -2.36. The summed E-state index contributed by atoms with van der Waals surface area (Å²) in [4.78, 5) is 2.45. The second-order valence-corrected chi connectivity index (χ2v) is 5.62. The van der Waals surface area contributed by atoms with Gasteiger partial charge in [-0.25, -0.2) is 0 Å². The van der Waals surface area contributed by atoms with Crippen molar-refractivity contribution in [3.63, 3.8) is 0 Å². The SMILES string of the molecule is CC1CCN(CC(O)C2CCCCC2)C1. The molecule has 1 heterocycles. The summed E-state index contributed by atoms with van der Waals surface area (Å²) >= 11 is 0. The first-order valence-electron chi connectivity index (χ1n) is 6.66. The van der Waals surface area contributed by atoms with Gasteiger partial charge in [0.25, 0.3) is 0 Å². The molecule has 2 heteroatoms. The van der Waals surface area contributed by atoms with Crippen LogP contribution in [0, 0.1) is 11.8 Å². The van der Waals surface area contributed by atoms with E-state index in [1.807, 2.05) is 0 Å². The number of β-amino-alcohol motifs (C(OH)–C–C–N with tert-alkyl or cyclic N) is 1. The summed E-state index contributed by atoms with van der Waals surface area (Å²) in [6.07, 6.45) is 7.81. The van der Waals surface area contributed by atoms with Crippen LogP contribution in [0.2, 0.25) is 0 Å². The van der Waals surface area contributed by atoms with Gasteiger partial charge in [-0.15, -0.1) is 0 Å². The monoisotopic (exact) mass is 211 g/mol. The zero-order valence-electron chi connectivity index (χ0n) is 9.99. The maximum absolute atomic E-state index is 10.2. The van der Waals surface area contributed by atoms with Crippen LogP contribution >= 0.6 is 0 Å². The van der Waals surface area contributed by atoms with Crippen molar-refractivity contribution in [1.82, 2.24) is 4.90 Å². The van der Waals surface area contributed by atoms with Crippen LogP contribution in [0.4, 0.5) is 0 Å². The number of hydrogen-bond acceptors (Lipinski definition) is 2. The summed E-state index contributed by atoms with van der Waals surface area (Å²) in [6, 6.07) is 0. The quantitative estimate of drug-likeness (QED) is 0.774. The molecule has 1 aliphatic carbocycles. The minimum absolute atomic E-state index is 0.0596. The van der Waals surface area contributed by atoms with E-state index in [4.69, 9.17) is 0 Å². The van der Waals surface area contributed by atoms with Crippen molar-refractivity contribution >= 4 is 0 Å². The molecule has 1 saturated heterocycles. The largest absolute Gasteiger partial charge is 0.392 e. The number of rotatable bonds is 3. The fourth-order valence-electron chi connectivity index (χ4n) is 3.12. The summed E-state index contributed by atoms with van der Waals surface area (Å²) in [5.41, 5.74) is 0. The van der Waals surface area contributed by atoms with E-state index < -0.39 is 0 Å². The summed E-state index contributed by atoms with van der Waals surface area (Å²) in [6.45, 7) is 5.64. The number of likely N-dealkylation sites (tertiary alicyclic amines) is 1. The first kappa shape index (κ1) is 11.4.